The number of benzene rings is 1. The Morgan fingerprint density at radius 1 is 1.43 bits per heavy atom. The molecule has 1 aromatic carbocycles. The molecular formula is C14H21BrN2O3S. The molecule has 0 radical (unpaired) electrons. The second-order valence-corrected chi connectivity index (χ2v) is 8.12. The number of nitrogens with one attached hydrogen (secondary N) is 2. The van der Waals surface area contributed by atoms with E-state index in [4.69, 9.17) is 4.74 Å². The molecular weight excluding hydrogens is 356 g/mol. The minimum Gasteiger partial charge on any atom is -0.380 e. The lowest BCUT2D eigenvalue weighted by Crippen LogP contribution is -2.51. The van der Waals surface area contributed by atoms with Crippen LogP contribution in [-0.2, 0) is 21.3 Å². The fourth-order valence-corrected chi connectivity index (χ4v) is 4.90. The summed E-state index contributed by atoms with van der Waals surface area (Å²) in [6.07, 6.45) is 1.64. The molecule has 7 heteroatoms. The first-order valence-electron chi connectivity index (χ1n) is 6.91. The fraction of sp³-hybridized carbons (Fsp3) is 0.571. The van der Waals surface area contributed by atoms with Gasteiger partial charge in [-0.25, -0.2) is 13.1 Å². The van der Waals surface area contributed by atoms with Crippen molar-refractivity contribution in [2.45, 2.75) is 36.7 Å². The first-order valence-corrected chi connectivity index (χ1v) is 9.19. The van der Waals surface area contributed by atoms with Gasteiger partial charge in [-0.3, -0.25) is 0 Å². The number of rotatable bonds is 5. The third-order valence-corrected chi connectivity index (χ3v) is 6.12. The largest absolute Gasteiger partial charge is 0.380 e. The molecule has 1 heterocycles. The molecule has 0 aromatic heterocycles. The molecule has 2 N–H and O–H groups in total. The lowest BCUT2D eigenvalue weighted by Gasteiger charge is -2.34. The van der Waals surface area contributed by atoms with Gasteiger partial charge in [0.25, 0.3) is 0 Å². The molecule has 1 unspecified atom stereocenters. The molecule has 21 heavy (non-hydrogen) atoms. The molecule has 1 aliphatic heterocycles. The summed E-state index contributed by atoms with van der Waals surface area (Å²) < 4.78 is 34.1. The van der Waals surface area contributed by atoms with Gasteiger partial charge in [-0.05, 0) is 60.4 Å². The number of ether oxygens (including phenoxy) is 1. The van der Waals surface area contributed by atoms with E-state index in [-0.39, 0.29) is 4.90 Å². The van der Waals surface area contributed by atoms with Gasteiger partial charge in [-0.2, -0.15) is 0 Å². The van der Waals surface area contributed by atoms with Crippen LogP contribution in [0, 0.1) is 0 Å². The van der Waals surface area contributed by atoms with Crippen LogP contribution < -0.4 is 10.0 Å². The zero-order valence-electron chi connectivity index (χ0n) is 12.3. The first kappa shape index (κ1) is 16.9. The zero-order valence-corrected chi connectivity index (χ0v) is 14.7. The predicted molar refractivity (Wildman–Crippen MR) is 85.7 cm³/mol. The summed E-state index contributed by atoms with van der Waals surface area (Å²) >= 11 is 3.33. The fourth-order valence-electron chi connectivity index (χ4n) is 2.46. The molecule has 1 fully saturated rings. The van der Waals surface area contributed by atoms with E-state index in [9.17, 15) is 8.42 Å². The van der Waals surface area contributed by atoms with Gasteiger partial charge in [0.05, 0.1) is 17.0 Å². The monoisotopic (exact) mass is 376 g/mol. The summed E-state index contributed by atoms with van der Waals surface area (Å²) in [6.45, 7) is 3.60. The predicted octanol–water partition coefficient (Wildman–Crippen LogP) is 2.02. The van der Waals surface area contributed by atoms with Crippen LogP contribution in [0.5, 0.6) is 0 Å². The van der Waals surface area contributed by atoms with E-state index in [1.807, 2.05) is 20.0 Å². The Kier molecular flexibility index (Phi) is 5.43. The van der Waals surface area contributed by atoms with Gasteiger partial charge in [0.2, 0.25) is 10.0 Å². The van der Waals surface area contributed by atoms with Crippen LogP contribution in [-0.4, -0.2) is 34.2 Å². The summed E-state index contributed by atoms with van der Waals surface area (Å²) in [7, 11) is -1.77. The van der Waals surface area contributed by atoms with Crippen molar-refractivity contribution >= 4 is 26.0 Å². The first-order chi connectivity index (χ1) is 9.86. The number of hydrogen-bond donors (Lipinski definition) is 2. The van der Waals surface area contributed by atoms with Crippen LogP contribution in [0.4, 0.5) is 0 Å². The highest BCUT2D eigenvalue weighted by Gasteiger charge is 2.33. The van der Waals surface area contributed by atoms with E-state index in [0.717, 1.165) is 18.4 Å². The van der Waals surface area contributed by atoms with E-state index in [1.165, 1.54) is 0 Å². The molecule has 118 valence electrons. The molecule has 1 aliphatic rings. The molecule has 2 rings (SSSR count). The SMILES string of the molecule is CNCc1ccc(Br)c(S(=O)(=O)NC2(C)CCCOC2)c1. The number of hydrogen-bond acceptors (Lipinski definition) is 4. The third-order valence-electron chi connectivity index (χ3n) is 3.48. The van der Waals surface area contributed by atoms with Gasteiger partial charge in [-0.1, -0.05) is 6.07 Å². The molecule has 0 amide bonds. The van der Waals surface area contributed by atoms with Gasteiger partial charge in [0.1, 0.15) is 0 Å². The Balaban J connectivity index is 2.28. The Bertz CT molecular complexity index is 598. The summed E-state index contributed by atoms with van der Waals surface area (Å²) in [5.41, 5.74) is 0.376. The second kappa shape index (κ2) is 6.75. The highest BCUT2D eigenvalue weighted by molar-refractivity contribution is 9.10. The Morgan fingerprint density at radius 3 is 2.81 bits per heavy atom. The van der Waals surface area contributed by atoms with Crippen LogP contribution in [0.3, 0.4) is 0 Å². The highest BCUT2D eigenvalue weighted by atomic mass is 79.9. The molecule has 1 atom stereocenters. The summed E-state index contributed by atoms with van der Waals surface area (Å²) in [5, 5.41) is 3.02. The van der Waals surface area contributed by atoms with Crippen molar-refractivity contribution in [2.24, 2.45) is 0 Å². The smallest absolute Gasteiger partial charge is 0.242 e. The second-order valence-electron chi connectivity index (χ2n) is 5.62. The number of sulfonamides is 1. The number of halogens is 1. The molecule has 5 nitrogen and oxygen atoms in total. The average molecular weight is 377 g/mol. The standard InChI is InChI=1S/C14H21BrN2O3S/c1-14(6-3-7-20-10-14)17-21(18,19)13-8-11(9-16-2)4-5-12(13)15/h4-5,8,16-17H,3,6-7,9-10H2,1-2H3. The maximum atomic E-state index is 12.7. The van der Waals surface area contributed by atoms with E-state index in [2.05, 4.69) is 26.0 Å². The van der Waals surface area contributed by atoms with Crippen LogP contribution in [0.25, 0.3) is 0 Å². The Morgan fingerprint density at radius 2 is 2.19 bits per heavy atom. The normalized spacial score (nSPS) is 23.2. The molecule has 0 bridgehead atoms. The lowest BCUT2D eigenvalue weighted by atomic mass is 9.97. The van der Waals surface area contributed by atoms with Gasteiger partial charge in [0.15, 0.2) is 0 Å². The van der Waals surface area contributed by atoms with Crippen molar-refractivity contribution in [2.75, 3.05) is 20.3 Å². The van der Waals surface area contributed by atoms with E-state index in [0.29, 0.717) is 24.2 Å². The summed E-state index contributed by atoms with van der Waals surface area (Å²) in [6, 6.07) is 5.35. The molecule has 0 spiro atoms. The topological polar surface area (TPSA) is 67.4 Å². The van der Waals surface area contributed by atoms with Crippen LogP contribution in [0.1, 0.15) is 25.3 Å². The average Bonchev–Trinajstić information content (AvgIpc) is 2.40. The third kappa shape index (κ3) is 4.26. The van der Waals surface area contributed by atoms with Crippen LogP contribution >= 0.6 is 15.9 Å². The van der Waals surface area contributed by atoms with E-state index < -0.39 is 15.6 Å². The van der Waals surface area contributed by atoms with Crippen molar-refractivity contribution in [1.29, 1.82) is 0 Å². The van der Waals surface area contributed by atoms with E-state index >= 15 is 0 Å². The van der Waals surface area contributed by atoms with Crippen molar-refractivity contribution in [3.8, 4) is 0 Å². The van der Waals surface area contributed by atoms with Crippen molar-refractivity contribution in [1.82, 2.24) is 10.0 Å². The molecule has 0 saturated carbocycles. The Hall–Kier alpha value is -0.470. The van der Waals surface area contributed by atoms with Gasteiger partial charge >= 0.3 is 0 Å². The van der Waals surface area contributed by atoms with Crippen LogP contribution in [0.2, 0.25) is 0 Å². The molecule has 0 aliphatic carbocycles. The van der Waals surface area contributed by atoms with Crippen molar-refractivity contribution in [3.63, 3.8) is 0 Å². The lowest BCUT2D eigenvalue weighted by molar-refractivity contribution is 0.0386. The Labute approximate surface area is 134 Å². The summed E-state index contributed by atoms with van der Waals surface area (Å²) in [4.78, 5) is 0.266. The maximum absolute atomic E-state index is 12.7. The maximum Gasteiger partial charge on any atom is 0.242 e. The van der Waals surface area contributed by atoms with Gasteiger partial charge in [0, 0.05) is 17.6 Å². The minimum absolute atomic E-state index is 0.266. The van der Waals surface area contributed by atoms with Gasteiger partial charge < -0.3 is 10.1 Å². The molecule has 1 saturated heterocycles. The zero-order chi connectivity index (χ0) is 15.5. The van der Waals surface area contributed by atoms with Crippen LogP contribution in [0.15, 0.2) is 27.6 Å². The quantitative estimate of drug-likeness (QED) is 0.824. The summed E-state index contributed by atoms with van der Waals surface area (Å²) in [5.74, 6) is 0. The molecule has 1 aromatic rings. The van der Waals surface area contributed by atoms with Crippen molar-refractivity contribution in [3.05, 3.63) is 28.2 Å². The van der Waals surface area contributed by atoms with E-state index in [1.54, 1.807) is 12.1 Å². The minimum atomic E-state index is -3.59. The van der Waals surface area contributed by atoms with Crippen molar-refractivity contribution < 1.29 is 13.2 Å². The highest BCUT2D eigenvalue weighted by Crippen LogP contribution is 2.27. The van der Waals surface area contributed by atoms with Gasteiger partial charge in [-0.15, -0.1) is 0 Å².